The Labute approximate surface area is 223 Å². The highest BCUT2D eigenvalue weighted by molar-refractivity contribution is 6.52. The highest BCUT2D eigenvalue weighted by atomic mass is 35.5. The average molecular weight is 561 g/mol. The Hall–Kier alpha value is -2.42. The molecule has 1 fully saturated rings. The van der Waals surface area contributed by atoms with E-state index in [0.29, 0.717) is 12.8 Å². The normalized spacial score (nSPS) is 16.3. The summed E-state index contributed by atoms with van der Waals surface area (Å²) in [7, 11) is 0. The molecule has 2 aromatic rings. The van der Waals surface area contributed by atoms with Gasteiger partial charge in [-0.1, -0.05) is 32.4 Å². The zero-order valence-electron chi connectivity index (χ0n) is 19.9. The summed E-state index contributed by atoms with van der Waals surface area (Å²) >= 11 is 18.0. The van der Waals surface area contributed by atoms with Gasteiger partial charge in [0.05, 0.1) is 22.2 Å². The second kappa shape index (κ2) is 10.9. The van der Waals surface area contributed by atoms with Crippen LogP contribution in [0, 0.1) is 23.0 Å². The Morgan fingerprint density at radius 3 is 2.33 bits per heavy atom. The monoisotopic (exact) mass is 559 g/mol. The van der Waals surface area contributed by atoms with Gasteiger partial charge < -0.3 is 16.0 Å². The van der Waals surface area contributed by atoms with Crippen LogP contribution in [-0.4, -0.2) is 22.1 Å². The number of alkyl halides is 2. The lowest BCUT2D eigenvalue weighted by Gasteiger charge is -2.17. The zero-order chi connectivity index (χ0) is 26.8. The van der Waals surface area contributed by atoms with Gasteiger partial charge in [0, 0.05) is 12.1 Å². The summed E-state index contributed by atoms with van der Waals surface area (Å²) in [5, 5.41) is 7.22. The van der Waals surface area contributed by atoms with Crippen LogP contribution in [0.4, 0.5) is 25.8 Å². The van der Waals surface area contributed by atoms with E-state index in [1.807, 2.05) is 20.8 Å². The molecule has 0 spiro atoms. The molecule has 1 saturated carbocycles. The molecule has 0 heterocycles. The number of carbonyl (C=O) groups excluding carboxylic acids is 3. The quantitative estimate of drug-likeness (QED) is 0.299. The Morgan fingerprint density at radius 2 is 1.72 bits per heavy atom. The largest absolute Gasteiger partial charge is 0.326 e. The maximum Gasteiger partial charge on any atom is 0.257 e. The number of nitrogens with one attached hydrogen (secondary N) is 3. The summed E-state index contributed by atoms with van der Waals surface area (Å²) in [5.41, 5.74) is -0.795. The van der Waals surface area contributed by atoms with Crippen molar-refractivity contribution in [3.63, 3.8) is 0 Å². The van der Waals surface area contributed by atoms with Crippen LogP contribution in [0.5, 0.6) is 0 Å². The van der Waals surface area contributed by atoms with Crippen LogP contribution in [0.2, 0.25) is 5.02 Å². The number of hydrogen-bond donors (Lipinski definition) is 3. The molecular weight excluding hydrogens is 535 g/mol. The molecule has 2 aromatic carbocycles. The number of rotatable bonds is 8. The third kappa shape index (κ3) is 7.31. The summed E-state index contributed by atoms with van der Waals surface area (Å²) in [6.07, 6.45) is 1.72. The molecule has 0 aromatic heterocycles. The van der Waals surface area contributed by atoms with Crippen LogP contribution in [0.1, 0.15) is 56.8 Å². The van der Waals surface area contributed by atoms with Crippen molar-refractivity contribution >= 4 is 69.6 Å². The molecule has 1 aliphatic rings. The van der Waals surface area contributed by atoms with Gasteiger partial charge in [-0.2, -0.15) is 0 Å². The Morgan fingerprint density at radius 1 is 1.06 bits per heavy atom. The molecule has 194 valence electrons. The molecule has 11 heteroatoms. The van der Waals surface area contributed by atoms with Crippen LogP contribution < -0.4 is 16.0 Å². The first-order valence-electron chi connectivity index (χ1n) is 11.3. The fourth-order valence-corrected chi connectivity index (χ4v) is 4.15. The standard InChI is InChI=1S/C25H26Cl3F2N3O3/c1-24(2,3)10-4-5-19(34)33-21-17(29)8-9-18(20(21)30)32-22(35)14-11-13(6-7-16(14)26)31-23(36)15-12-25(15,27)28/h6-9,11,15H,4-5,10,12H2,1-3H3,(H,31,36)(H,32,35)(H,33,34). The second-order valence-corrected chi connectivity index (χ2v) is 11.9. The highest BCUT2D eigenvalue weighted by Crippen LogP contribution is 2.53. The molecule has 0 radical (unpaired) electrons. The first-order valence-corrected chi connectivity index (χ1v) is 12.4. The highest BCUT2D eigenvalue weighted by Gasteiger charge is 2.56. The van der Waals surface area contributed by atoms with Crippen molar-refractivity contribution in [2.24, 2.45) is 11.3 Å². The minimum absolute atomic E-state index is 0.0268. The van der Waals surface area contributed by atoms with Gasteiger partial charge >= 0.3 is 0 Å². The first kappa shape index (κ1) is 28.2. The molecule has 1 unspecified atom stereocenters. The summed E-state index contributed by atoms with van der Waals surface area (Å²) < 4.78 is 28.2. The van der Waals surface area contributed by atoms with Crippen LogP contribution in [0.25, 0.3) is 0 Å². The molecule has 0 bridgehead atoms. The van der Waals surface area contributed by atoms with Crippen molar-refractivity contribution in [2.45, 2.75) is 50.8 Å². The molecule has 1 aliphatic carbocycles. The van der Waals surface area contributed by atoms with E-state index in [1.54, 1.807) is 0 Å². The smallest absolute Gasteiger partial charge is 0.257 e. The summed E-state index contributed by atoms with van der Waals surface area (Å²) in [4.78, 5) is 37.3. The zero-order valence-corrected chi connectivity index (χ0v) is 22.2. The Bertz CT molecular complexity index is 1200. The van der Waals surface area contributed by atoms with Gasteiger partial charge in [-0.3, -0.25) is 14.4 Å². The van der Waals surface area contributed by atoms with Gasteiger partial charge in [-0.05, 0) is 55.0 Å². The molecule has 3 N–H and O–H groups in total. The van der Waals surface area contributed by atoms with Crippen molar-refractivity contribution < 1.29 is 23.2 Å². The van der Waals surface area contributed by atoms with E-state index in [2.05, 4.69) is 16.0 Å². The van der Waals surface area contributed by atoms with Crippen molar-refractivity contribution in [2.75, 3.05) is 16.0 Å². The second-order valence-electron chi connectivity index (χ2n) is 9.90. The predicted molar refractivity (Wildman–Crippen MR) is 139 cm³/mol. The van der Waals surface area contributed by atoms with E-state index in [1.165, 1.54) is 18.2 Å². The van der Waals surface area contributed by atoms with Gasteiger partial charge in [-0.25, -0.2) is 8.78 Å². The average Bonchev–Trinajstić information content (AvgIpc) is 3.41. The Kier molecular flexibility index (Phi) is 8.53. The molecule has 0 aliphatic heterocycles. The van der Waals surface area contributed by atoms with Gasteiger partial charge in [0.1, 0.15) is 15.8 Å². The molecule has 3 amide bonds. The minimum atomic E-state index is -1.14. The van der Waals surface area contributed by atoms with Crippen LogP contribution in [0.3, 0.4) is 0 Å². The van der Waals surface area contributed by atoms with Crippen molar-refractivity contribution in [1.29, 1.82) is 0 Å². The molecule has 6 nitrogen and oxygen atoms in total. The van der Waals surface area contributed by atoms with E-state index < -0.39 is 45.3 Å². The molecule has 0 saturated heterocycles. The van der Waals surface area contributed by atoms with Gasteiger partial charge in [0.2, 0.25) is 11.8 Å². The Balaban J connectivity index is 1.71. The summed E-state index contributed by atoms with van der Waals surface area (Å²) in [6, 6.07) is 6.14. The fourth-order valence-electron chi connectivity index (χ4n) is 3.44. The lowest BCUT2D eigenvalue weighted by molar-refractivity contribution is -0.117. The van der Waals surface area contributed by atoms with Crippen molar-refractivity contribution in [1.82, 2.24) is 0 Å². The van der Waals surface area contributed by atoms with Gasteiger partial charge in [0.15, 0.2) is 5.82 Å². The lowest BCUT2D eigenvalue weighted by Crippen LogP contribution is -2.19. The van der Waals surface area contributed by atoms with Crippen LogP contribution in [-0.2, 0) is 9.59 Å². The lowest BCUT2D eigenvalue weighted by atomic mass is 9.90. The predicted octanol–water partition coefficient (Wildman–Crippen LogP) is 7.16. The van der Waals surface area contributed by atoms with E-state index in [4.69, 9.17) is 34.8 Å². The number of amides is 3. The molecule has 36 heavy (non-hydrogen) atoms. The maximum atomic E-state index is 15.0. The van der Waals surface area contributed by atoms with Gasteiger partial charge in [-0.15, -0.1) is 23.2 Å². The first-order chi connectivity index (χ1) is 16.7. The van der Waals surface area contributed by atoms with E-state index in [0.717, 1.165) is 18.6 Å². The van der Waals surface area contributed by atoms with Crippen molar-refractivity contribution in [3.05, 3.63) is 52.6 Å². The van der Waals surface area contributed by atoms with E-state index in [-0.39, 0.29) is 33.8 Å². The fraction of sp³-hybridized carbons (Fsp3) is 0.400. The molecular formula is C25H26Cl3F2N3O3. The van der Waals surface area contributed by atoms with Crippen LogP contribution >= 0.6 is 34.8 Å². The van der Waals surface area contributed by atoms with Gasteiger partial charge in [0.25, 0.3) is 5.91 Å². The SMILES string of the molecule is CC(C)(C)CCCC(=O)Nc1c(F)ccc(NC(=O)c2cc(NC(=O)C3CC3(Cl)Cl)ccc2Cl)c1F. The number of halogens is 5. The van der Waals surface area contributed by atoms with Crippen molar-refractivity contribution in [3.8, 4) is 0 Å². The number of anilines is 3. The molecule has 1 atom stereocenters. The number of benzene rings is 2. The summed E-state index contributed by atoms with van der Waals surface area (Å²) in [5.74, 6) is -4.46. The maximum absolute atomic E-state index is 15.0. The minimum Gasteiger partial charge on any atom is -0.326 e. The third-order valence-corrected chi connectivity index (χ3v) is 6.72. The molecule has 3 rings (SSSR count). The van der Waals surface area contributed by atoms with E-state index >= 15 is 4.39 Å². The topological polar surface area (TPSA) is 87.3 Å². The summed E-state index contributed by atoms with van der Waals surface area (Å²) in [6.45, 7) is 6.09. The number of carbonyl (C=O) groups is 3. The third-order valence-electron chi connectivity index (χ3n) is 5.56. The van der Waals surface area contributed by atoms with E-state index in [9.17, 15) is 18.8 Å². The van der Waals surface area contributed by atoms with Crippen LogP contribution in [0.15, 0.2) is 30.3 Å². The number of hydrogen-bond acceptors (Lipinski definition) is 3.